The maximum Gasteiger partial charge on any atom is 0.255 e. The van der Waals surface area contributed by atoms with Gasteiger partial charge in [0, 0.05) is 26.6 Å². The Hall–Kier alpha value is -1.91. The Morgan fingerprint density at radius 2 is 1.90 bits per heavy atom. The van der Waals surface area contributed by atoms with Gasteiger partial charge in [-0.1, -0.05) is 33.6 Å². The minimum atomic E-state index is -0.197. The number of pyridine rings is 1. The number of amides is 1. The third-order valence-electron chi connectivity index (χ3n) is 3.02. The molecule has 0 aliphatic heterocycles. The maximum atomic E-state index is 12.3. The average molecular weight is 362 g/mol. The van der Waals surface area contributed by atoms with Gasteiger partial charge in [0.25, 0.3) is 5.91 Å². The molecule has 5 heteroatoms. The highest BCUT2D eigenvalue weighted by Crippen LogP contribution is 2.26. The summed E-state index contributed by atoms with van der Waals surface area (Å²) < 4.78 is 0.925. The predicted molar refractivity (Wildman–Crippen MR) is 88.8 cm³/mol. The zero-order chi connectivity index (χ0) is 14.8. The minimum absolute atomic E-state index is 0.197. The van der Waals surface area contributed by atoms with Gasteiger partial charge in [-0.15, -0.1) is 0 Å². The summed E-state index contributed by atoms with van der Waals surface area (Å²) in [6.45, 7) is 0. The molecule has 21 heavy (non-hydrogen) atoms. The molecule has 0 aliphatic carbocycles. The zero-order valence-corrected chi connectivity index (χ0v) is 13.1. The van der Waals surface area contributed by atoms with E-state index in [1.807, 2.05) is 30.3 Å². The Kier molecular flexibility index (Phi) is 3.90. The highest BCUT2D eigenvalue weighted by molar-refractivity contribution is 9.10. The van der Waals surface area contributed by atoms with Crippen molar-refractivity contribution in [3.63, 3.8) is 0 Å². The van der Waals surface area contributed by atoms with E-state index < -0.39 is 0 Å². The van der Waals surface area contributed by atoms with Crippen molar-refractivity contribution in [2.24, 2.45) is 0 Å². The molecule has 3 aromatic rings. The van der Waals surface area contributed by atoms with Crippen molar-refractivity contribution in [1.29, 1.82) is 0 Å². The van der Waals surface area contributed by atoms with Gasteiger partial charge in [-0.3, -0.25) is 9.78 Å². The number of benzene rings is 2. The van der Waals surface area contributed by atoms with Crippen molar-refractivity contribution in [3.8, 4) is 0 Å². The van der Waals surface area contributed by atoms with Crippen LogP contribution in [0.1, 0.15) is 10.4 Å². The molecule has 2 aromatic carbocycles. The molecular weight excluding hydrogens is 352 g/mol. The van der Waals surface area contributed by atoms with E-state index in [0.717, 1.165) is 9.86 Å². The number of hydrogen-bond acceptors (Lipinski definition) is 2. The van der Waals surface area contributed by atoms with Crippen LogP contribution in [0, 0.1) is 0 Å². The van der Waals surface area contributed by atoms with Crippen LogP contribution in [0.4, 0.5) is 5.69 Å². The van der Waals surface area contributed by atoms with Crippen molar-refractivity contribution in [2.75, 3.05) is 5.32 Å². The van der Waals surface area contributed by atoms with E-state index in [9.17, 15) is 4.79 Å². The SMILES string of the molecule is O=C(Nc1cc(Cl)cc2cccnc12)c1ccc(Br)cc1. The third kappa shape index (κ3) is 3.06. The Bertz CT molecular complexity index is 818. The second-order valence-corrected chi connectivity index (χ2v) is 5.84. The lowest BCUT2D eigenvalue weighted by Gasteiger charge is -2.09. The van der Waals surface area contributed by atoms with Crippen LogP contribution in [0.2, 0.25) is 5.02 Å². The Labute approximate surface area is 135 Å². The summed E-state index contributed by atoms with van der Waals surface area (Å²) in [6, 6.07) is 14.4. The van der Waals surface area contributed by atoms with E-state index in [1.54, 1.807) is 24.4 Å². The lowest BCUT2D eigenvalue weighted by molar-refractivity contribution is 0.102. The second kappa shape index (κ2) is 5.84. The van der Waals surface area contributed by atoms with Gasteiger partial charge >= 0.3 is 0 Å². The molecule has 3 nitrogen and oxygen atoms in total. The molecule has 0 fully saturated rings. The predicted octanol–water partition coefficient (Wildman–Crippen LogP) is 4.90. The number of rotatable bonds is 2. The van der Waals surface area contributed by atoms with Gasteiger partial charge in [-0.2, -0.15) is 0 Å². The largest absolute Gasteiger partial charge is 0.320 e. The van der Waals surface area contributed by atoms with Crippen molar-refractivity contribution in [1.82, 2.24) is 4.98 Å². The molecular formula is C16H10BrClN2O. The van der Waals surface area contributed by atoms with Gasteiger partial charge in [0.2, 0.25) is 0 Å². The van der Waals surface area contributed by atoms with Crippen molar-refractivity contribution in [2.45, 2.75) is 0 Å². The second-order valence-electron chi connectivity index (χ2n) is 4.49. The van der Waals surface area contributed by atoms with Crippen molar-refractivity contribution in [3.05, 3.63) is 69.8 Å². The molecule has 1 heterocycles. The van der Waals surface area contributed by atoms with Gasteiger partial charge in [0.05, 0.1) is 11.2 Å². The lowest BCUT2D eigenvalue weighted by atomic mass is 10.1. The number of nitrogens with one attached hydrogen (secondary N) is 1. The molecule has 1 aromatic heterocycles. The highest BCUT2D eigenvalue weighted by atomic mass is 79.9. The summed E-state index contributed by atoms with van der Waals surface area (Å²) in [5.74, 6) is -0.197. The van der Waals surface area contributed by atoms with Gasteiger partial charge in [-0.25, -0.2) is 0 Å². The summed E-state index contributed by atoms with van der Waals surface area (Å²) in [7, 11) is 0. The highest BCUT2D eigenvalue weighted by Gasteiger charge is 2.10. The Balaban J connectivity index is 1.98. The van der Waals surface area contributed by atoms with Crippen LogP contribution in [0.3, 0.4) is 0 Å². The number of hydrogen-bond donors (Lipinski definition) is 1. The molecule has 0 saturated carbocycles. The number of anilines is 1. The average Bonchev–Trinajstić information content (AvgIpc) is 2.47. The molecule has 0 saturated heterocycles. The quantitative estimate of drug-likeness (QED) is 0.705. The molecule has 0 atom stereocenters. The first kappa shape index (κ1) is 14.0. The third-order valence-corrected chi connectivity index (χ3v) is 3.77. The molecule has 1 N–H and O–H groups in total. The monoisotopic (exact) mass is 360 g/mol. The van der Waals surface area contributed by atoms with Crippen LogP contribution >= 0.6 is 27.5 Å². The number of carbonyl (C=O) groups is 1. The fraction of sp³-hybridized carbons (Fsp3) is 0. The molecule has 0 aliphatic rings. The summed E-state index contributed by atoms with van der Waals surface area (Å²) in [4.78, 5) is 16.6. The summed E-state index contributed by atoms with van der Waals surface area (Å²) in [6.07, 6.45) is 1.69. The van der Waals surface area contributed by atoms with Crippen LogP contribution in [0.25, 0.3) is 10.9 Å². The van der Waals surface area contributed by atoms with E-state index in [2.05, 4.69) is 26.2 Å². The molecule has 3 rings (SSSR count). The topological polar surface area (TPSA) is 42.0 Å². The molecule has 0 bridgehead atoms. The molecule has 0 spiro atoms. The van der Waals surface area contributed by atoms with Crippen molar-refractivity contribution >= 4 is 50.0 Å². The van der Waals surface area contributed by atoms with Gasteiger partial charge in [0.1, 0.15) is 0 Å². The van der Waals surface area contributed by atoms with E-state index in [1.165, 1.54) is 0 Å². The maximum absolute atomic E-state index is 12.3. The first-order valence-corrected chi connectivity index (χ1v) is 7.42. The fourth-order valence-electron chi connectivity index (χ4n) is 2.05. The number of nitrogens with zero attached hydrogens (tertiary/aromatic N) is 1. The van der Waals surface area contributed by atoms with Gasteiger partial charge in [-0.05, 0) is 42.5 Å². The zero-order valence-electron chi connectivity index (χ0n) is 10.8. The molecule has 104 valence electrons. The van der Waals surface area contributed by atoms with E-state index in [4.69, 9.17) is 11.6 Å². The first-order valence-electron chi connectivity index (χ1n) is 6.25. The summed E-state index contributed by atoms with van der Waals surface area (Å²) >= 11 is 9.43. The van der Waals surface area contributed by atoms with Crippen LogP contribution in [-0.2, 0) is 0 Å². The number of aromatic nitrogens is 1. The van der Waals surface area contributed by atoms with Crippen LogP contribution in [0.15, 0.2) is 59.2 Å². The van der Waals surface area contributed by atoms with Crippen LogP contribution in [-0.4, -0.2) is 10.9 Å². The summed E-state index contributed by atoms with van der Waals surface area (Å²) in [5.41, 5.74) is 1.89. The van der Waals surface area contributed by atoms with Crippen molar-refractivity contribution < 1.29 is 4.79 Å². The van der Waals surface area contributed by atoms with E-state index in [0.29, 0.717) is 21.8 Å². The van der Waals surface area contributed by atoms with Gasteiger partial charge < -0.3 is 5.32 Å². The molecule has 0 unspecified atom stereocenters. The minimum Gasteiger partial charge on any atom is -0.320 e. The molecule has 1 amide bonds. The fourth-order valence-corrected chi connectivity index (χ4v) is 2.54. The van der Waals surface area contributed by atoms with Crippen LogP contribution < -0.4 is 5.32 Å². The molecule has 0 radical (unpaired) electrons. The van der Waals surface area contributed by atoms with E-state index in [-0.39, 0.29) is 5.91 Å². The first-order chi connectivity index (χ1) is 10.1. The van der Waals surface area contributed by atoms with E-state index >= 15 is 0 Å². The normalized spacial score (nSPS) is 10.6. The van der Waals surface area contributed by atoms with Gasteiger partial charge in [0.15, 0.2) is 0 Å². The lowest BCUT2D eigenvalue weighted by Crippen LogP contribution is -2.12. The number of halogens is 2. The smallest absolute Gasteiger partial charge is 0.255 e. The Morgan fingerprint density at radius 3 is 2.67 bits per heavy atom. The number of fused-ring (bicyclic) bond motifs is 1. The van der Waals surface area contributed by atoms with Crippen LogP contribution in [0.5, 0.6) is 0 Å². The number of carbonyl (C=O) groups excluding carboxylic acids is 1. The standard InChI is InChI=1S/C16H10BrClN2O/c17-12-5-3-10(4-6-12)16(21)20-14-9-13(18)8-11-2-1-7-19-15(11)14/h1-9H,(H,20,21). The Morgan fingerprint density at radius 1 is 1.14 bits per heavy atom. The summed E-state index contributed by atoms with van der Waals surface area (Å²) in [5, 5.41) is 4.30.